The smallest absolute Gasteiger partial charge is 0.255 e. The van der Waals surface area contributed by atoms with Crippen molar-refractivity contribution in [2.45, 2.75) is 13.8 Å². The molecule has 2 aromatic carbocycles. The van der Waals surface area contributed by atoms with Crippen LogP contribution < -0.4 is 11.1 Å². The molecule has 2 rings (SSSR count). The van der Waals surface area contributed by atoms with Gasteiger partial charge < -0.3 is 11.1 Å². The van der Waals surface area contributed by atoms with Crippen LogP contribution >= 0.6 is 0 Å². The van der Waals surface area contributed by atoms with E-state index in [1.54, 1.807) is 30.3 Å². The van der Waals surface area contributed by atoms with E-state index in [2.05, 4.69) is 11.4 Å². The van der Waals surface area contributed by atoms with Crippen molar-refractivity contribution in [1.29, 1.82) is 5.26 Å². The zero-order valence-corrected chi connectivity index (χ0v) is 11.4. The van der Waals surface area contributed by atoms with Gasteiger partial charge in [-0.25, -0.2) is 0 Å². The molecule has 20 heavy (non-hydrogen) atoms. The third kappa shape index (κ3) is 2.78. The summed E-state index contributed by atoms with van der Waals surface area (Å²) in [6.45, 7) is 3.72. The minimum Gasteiger partial charge on any atom is -0.399 e. The molecule has 0 aliphatic rings. The van der Waals surface area contributed by atoms with E-state index in [9.17, 15) is 4.79 Å². The maximum Gasteiger partial charge on any atom is 0.255 e. The Morgan fingerprint density at radius 2 is 1.90 bits per heavy atom. The number of nitriles is 1. The summed E-state index contributed by atoms with van der Waals surface area (Å²) in [6.07, 6.45) is 0. The molecule has 0 unspecified atom stereocenters. The second-order valence-corrected chi connectivity index (χ2v) is 4.67. The van der Waals surface area contributed by atoms with E-state index in [0.29, 0.717) is 22.5 Å². The van der Waals surface area contributed by atoms with E-state index in [0.717, 1.165) is 11.1 Å². The lowest BCUT2D eigenvalue weighted by Crippen LogP contribution is -2.14. The lowest BCUT2D eigenvalue weighted by atomic mass is 10.1. The molecule has 3 N–H and O–H groups in total. The van der Waals surface area contributed by atoms with Gasteiger partial charge in [0.15, 0.2) is 0 Å². The highest BCUT2D eigenvalue weighted by Gasteiger charge is 2.11. The zero-order valence-electron chi connectivity index (χ0n) is 11.4. The van der Waals surface area contributed by atoms with Gasteiger partial charge in [-0.15, -0.1) is 0 Å². The van der Waals surface area contributed by atoms with Gasteiger partial charge in [-0.05, 0) is 55.3 Å². The number of carbonyl (C=O) groups is 1. The third-order valence-corrected chi connectivity index (χ3v) is 3.11. The number of nitrogens with two attached hydrogens (primary N) is 1. The second-order valence-electron chi connectivity index (χ2n) is 4.67. The minimum absolute atomic E-state index is 0.208. The average molecular weight is 265 g/mol. The van der Waals surface area contributed by atoms with E-state index in [1.807, 2.05) is 19.9 Å². The number of anilines is 2. The molecule has 0 spiro atoms. The van der Waals surface area contributed by atoms with Gasteiger partial charge in [-0.3, -0.25) is 4.79 Å². The van der Waals surface area contributed by atoms with Crippen LogP contribution in [0.2, 0.25) is 0 Å². The fourth-order valence-corrected chi connectivity index (χ4v) is 1.96. The molecule has 0 aromatic heterocycles. The zero-order chi connectivity index (χ0) is 14.7. The molecule has 0 bridgehead atoms. The van der Waals surface area contributed by atoms with Gasteiger partial charge in [0, 0.05) is 16.9 Å². The number of hydrogen-bond donors (Lipinski definition) is 2. The van der Waals surface area contributed by atoms with Crippen molar-refractivity contribution < 1.29 is 4.79 Å². The maximum absolute atomic E-state index is 12.3. The summed E-state index contributed by atoms with van der Waals surface area (Å²) in [4.78, 5) is 12.3. The molecule has 0 radical (unpaired) electrons. The summed E-state index contributed by atoms with van der Waals surface area (Å²) in [6, 6.07) is 12.4. The number of carbonyl (C=O) groups excluding carboxylic acids is 1. The summed E-state index contributed by atoms with van der Waals surface area (Å²) in [5.74, 6) is -0.208. The van der Waals surface area contributed by atoms with Gasteiger partial charge in [0.25, 0.3) is 5.91 Å². The van der Waals surface area contributed by atoms with Crippen LogP contribution in [-0.4, -0.2) is 5.91 Å². The van der Waals surface area contributed by atoms with Crippen molar-refractivity contribution in [3.05, 3.63) is 58.7 Å². The first kappa shape index (κ1) is 13.6. The van der Waals surface area contributed by atoms with E-state index in [4.69, 9.17) is 11.0 Å². The Morgan fingerprint density at radius 1 is 1.15 bits per heavy atom. The minimum atomic E-state index is -0.208. The lowest BCUT2D eigenvalue weighted by Gasteiger charge is -2.10. The Hall–Kier alpha value is -2.80. The molecule has 0 heterocycles. The number of nitrogens with one attached hydrogen (secondary N) is 1. The van der Waals surface area contributed by atoms with Crippen LogP contribution in [0.25, 0.3) is 0 Å². The predicted molar refractivity (Wildman–Crippen MR) is 79.4 cm³/mol. The fourth-order valence-electron chi connectivity index (χ4n) is 1.96. The van der Waals surface area contributed by atoms with Gasteiger partial charge >= 0.3 is 0 Å². The highest BCUT2D eigenvalue weighted by molar-refractivity contribution is 6.05. The first-order valence-electron chi connectivity index (χ1n) is 6.19. The summed E-state index contributed by atoms with van der Waals surface area (Å²) in [5.41, 5.74) is 9.75. The lowest BCUT2D eigenvalue weighted by molar-refractivity contribution is 0.102. The number of amides is 1. The predicted octanol–water partition coefficient (Wildman–Crippen LogP) is 3.01. The van der Waals surface area contributed by atoms with Crippen LogP contribution in [0.5, 0.6) is 0 Å². The van der Waals surface area contributed by atoms with Crippen LogP contribution in [0.3, 0.4) is 0 Å². The molecule has 0 saturated carbocycles. The molecule has 100 valence electrons. The van der Waals surface area contributed by atoms with E-state index < -0.39 is 0 Å². The maximum atomic E-state index is 12.3. The Morgan fingerprint density at radius 3 is 2.55 bits per heavy atom. The molecule has 0 aliphatic heterocycles. The molecule has 0 atom stereocenters. The number of benzene rings is 2. The average Bonchev–Trinajstić information content (AvgIpc) is 2.41. The van der Waals surface area contributed by atoms with Gasteiger partial charge in [-0.2, -0.15) is 5.26 Å². The van der Waals surface area contributed by atoms with E-state index in [-0.39, 0.29) is 5.91 Å². The first-order chi connectivity index (χ1) is 9.51. The van der Waals surface area contributed by atoms with Crippen molar-refractivity contribution in [2.75, 3.05) is 11.1 Å². The van der Waals surface area contributed by atoms with Crippen molar-refractivity contribution in [1.82, 2.24) is 0 Å². The van der Waals surface area contributed by atoms with Crippen molar-refractivity contribution in [3.8, 4) is 6.07 Å². The van der Waals surface area contributed by atoms with Crippen LogP contribution in [0.1, 0.15) is 27.0 Å². The van der Waals surface area contributed by atoms with Crippen LogP contribution in [0.15, 0.2) is 36.4 Å². The molecule has 4 nitrogen and oxygen atoms in total. The topological polar surface area (TPSA) is 78.9 Å². The summed E-state index contributed by atoms with van der Waals surface area (Å²) < 4.78 is 0. The quantitative estimate of drug-likeness (QED) is 0.819. The number of nitrogen functional groups attached to an aromatic ring is 1. The van der Waals surface area contributed by atoms with Gasteiger partial charge in [-0.1, -0.05) is 6.07 Å². The normalized spacial score (nSPS) is 9.85. The molecule has 1 amide bonds. The molecular weight excluding hydrogens is 250 g/mol. The monoisotopic (exact) mass is 265 g/mol. The summed E-state index contributed by atoms with van der Waals surface area (Å²) in [7, 11) is 0. The molecular formula is C16H15N3O. The van der Waals surface area contributed by atoms with Gasteiger partial charge in [0.05, 0.1) is 11.6 Å². The molecule has 0 fully saturated rings. The van der Waals surface area contributed by atoms with Crippen LogP contribution in [-0.2, 0) is 0 Å². The molecule has 0 aliphatic carbocycles. The largest absolute Gasteiger partial charge is 0.399 e. The van der Waals surface area contributed by atoms with Crippen molar-refractivity contribution in [3.63, 3.8) is 0 Å². The van der Waals surface area contributed by atoms with Crippen LogP contribution in [0, 0.1) is 25.2 Å². The number of rotatable bonds is 2. The van der Waals surface area contributed by atoms with Crippen molar-refractivity contribution >= 4 is 17.3 Å². The number of aryl methyl sites for hydroxylation is 2. The third-order valence-electron chi connectivity index (χ3n) is 3.11. The highest BCUT2D eigenvalue weighted by atomic mass is 16.1. The fraction of sp³-hybridized carbons (Fsp3) is 0.125. The van der Waals surface area contributed by atoms with Crippen molar-refractivity contribution in [2.24, 2.45) is 0 Å². The second kappa shape index (κ2) is 5.45. The molecule has 4 heteroatoms. The SMILES string of the molecule is Cc1ccc(C#N)cc1NC(=O)c1ccc(N)cc1C. The Balaban J connectivity index is 2.30. The van der Waals surface area contributed by atoms with E-state index >= 15 is 0 Å². The Labute approximate surface area is 117 Å². The van der Waals surface area contributed by atoms with Gasteiger partial charge in [0.1, 0.15) is 0 Å². The number of hydrogen-bond acceptors (Lipinski definition) is 3. The van der Waals surface area contributed by atoms with Gasteiger partial charge in [0.2, 0.25) is 0 Å². The Bertz CT molecular complexity index is 714. The summed E-state index contributed by atoms with van der Waals surface area (Å²) in [5, 5.41) is 11.7. The molecule has 0 saturated heterocycles. The Kier molecular flexibility index (Phi) is 3.72. The first-order valence-corrected chi connectivity index (χ1v) is 6.19. The molecule has 2 aromatic rings. The standard InChI is InChI=1S/C16H15N3O/c1-10-3-4-12(9-17)8-15(10)19-16(20)14-6-5-13(18)7-11(14)2/h3-8H,18H2,1-2H3,(H,19,20). The summed E-state index contributed by atoms with van der Waals surface area (Å²) >= 11 is 0. The number of nitrogens with zero attached hydrogens (tertiary/aromatic N) is 1. The highest BCUT2D eigenvalue weighted by Crippen LogP contribution is 2.19. The van der Waals surface area contributed by atoms with Crippen LogP contribution in [0.4, 0.5) is 11.4 Å². The van der Waals surface area contributed by atoms with E-state index in [1.165, 1.54) is 0 Å².